The lowest BCUT2D eigenvalue weighted by atomic mass is 10.2. The summed E-state index contributed by atoms with van der Waals surface area (Å²) < 4.78 is 17.8. The Bertz CT molecular complexity index is 702. The first-order chi connectivity index (χ1) is 10.0. The summed E-state index contributed by atoms with van der Waals surface area (Å²) in [5, 5.41) is 4.63. The van der Waals surface area contributed by atoms with Crippen LogP contribution in [0.15, 0.2) is 24.3 Å². The molecule has 1 aromatic carbocycles. The molecule has 1 fully saturated rings. The van der Waals surface area contributed by atoms with Crippen molar-refractivity contribution in [3.63, 3.8) is 0 Å². The average molecular weight is 306 g/mol. The highest BCUT2D eigenvalue weighted by Crippen LogP contribution is 2.38. The van der Waals surface area contributed by atoms with Gasteiger partial charge in [-0.3, -0.25) is 4.90 Å². The van der Waals surface area contributed by atoms with Crippen molar-refractivity contribution in [2.75, 3.05) is 7.05 Å². The van der Waals surface area contributed by atoms with Crippen molar-refractivity contribution in [1.82, 2.24) is 19.2 Å². The van der Waals surface area contributed by atoms with Crippen LogP contribution in [-0.2, 0) is 20.3 Å². The first kappa shape index (κ1) is 14.4. The number of aromatic nitrogens is 3. The molecule has 112 valence electrons. The first-order valence-corrected chi connectivity index (χ1v) is 7.52. The molecule has 0 bridgehead atoms. The van der Waals surface area contributed by atoms with Crippen LogP contribution in [0.2, 0.25) is 0 Å². The van der Waals surface area contributed by atoms with Crippen LogP contribution in [0.25, 0.3) is 0 Å². The van der Waals surface area contributed by atoms with Crippen molar-refractivity contribution < 1.29 is 4.39 Å². The van der Waals surface area contributed by atoms with Gasteiger partial charge in [0.25, 0.3) is 0 Å². The SMILES string of the molecule is CN(Cc1cccc(F)c1)Cn1nc(C2CC2)n(C)c1=S. The van der Waals surface area contributed by atoms with Gasteiger partial charge < -0.3 is 4.57 Å². The summed E-state index contributed by atoms with van der Waals surface area (Å²) in [6, 6.07) is 6.67. The Kier molecular flexibility index (Phi) is 3.91. The molecule has 4 nitrogen and oxygen atoms in total. The summed E-state index contributed by atoms with van der Waals surface area (Å²) in [7, 11) is 3.96. The molecular weight excluding hydrogens is 287 g/mol. The predicted molar refractivity (Wildman–Crippen MR) is 81.9 cm³/mol. The molecule has 0 N–H and O–H groups in total. The standard InChI is InChI=1S/C15H19FN4S/c1-18(9-11-4-3-5-13(16)8-11)10-20-15(21)19(2)14(17-20)12-6-7-12/h3-5,8,12H,6-7,9-10H2,1-2H3. The fraction of sp³-hybridized carbons (Fsp3) is 0.467. The molecule has 2 aromatic rings. The average Bonchev–Trinajstić information content (AvgIpc) is 3.22. The molecule has 3 rings (SSSR count). The Morgan fingerprint density at radius 2 is 2.19 bits per heavy atom. The Morgan fingerprint density at radius 1 is 1.43 bits per heavy atom. The van der Waals surface area contributed by atoms with Crippen molar-refractivity contribution in [2.45, 2.75) is 32.0 Å². The van der Waals surface area contributed by atoms with Crippen LogP contribution in [-0.4, -0.2) is 26.3 Å². The van der Waals surface area contributed by atoms with Gasteiger partial charge in [-0.1, -0.05) is 12.1 Å². The molecule has 1 aromatic heterocycles. The van der Waals surface area contributed by atoms with Gasteiger partial charge in [0.05, 0.1) is 6.67 Å². The number of hydrogen-bond donors (Lipinski definition) is 0. The van der Waals surface area contributed by atoms with Gasteiger partial charge in [-0.15, -0.1) is 0 Å². The zero-order valence-corrected chi connectivity index (χ0v) is 13.1. The largest absolute Gasteiger partial charge is 0.307 e. The quantitative estimate of drug-likeness (QED) is 0.794. The Morgan fingerprint density at radius 3 is 2.86 bits per heavy atom. The molecule has 0 amide bonds. The van der Waals surface area contributed by atoms with Crippen molar-refractivity contribution in [3.05, 3.63) is 46.2 Å². The lowest BCUT2D eigenvalue weighted by molar-refractivity contribution is 0.243. The molecule has 1 aliphatic rings. The van der Waals surface area contributed by atoms with Gasteiger partial charge in [-0.05, 0) is 49.8 Å². The van der Waals surface area contributed by atoms with Gasteiger partial charge in [-0.25, -0.2) is 9.07 Å². The molecule has 6 heteroatoms. The predicted octanol–water partition coefficient (Wildman–Crippen LogP) is 3.06. The first-order valence-electron chi connectivity index (χ1n) is 7.11. The Labute approximate surface area is 128 Å². The fourth-order valence-electron chi connectivity index (χ4n) is 2.52. The van der Waals surface area contributed by atoms with E-state index in [0.29, 0.717) is 19.1 Å². The van der Waals surface area contributed by atoms with E-state index in [0.717, 1.165) is 16.2 Å². The topological polar surface area (TPSA) is 26.0 Å². The van der Waals surface area contributed by atoms with Crippen molar-refractivity contribution in [1.29, 1.82) is 0 Å². The van der Waals surface area contributed by atoms with Crippen molar-refractivity contribution in [3.8, 4) is 0 Å². The summed E-state index contributed by atoms with van der Waals surface area (Å²) in [6.07, 6.45) is 2.41. The van der Waals surface area contributed by atoms with E-state index in [1.54, 1.807) is 12.1 Å². The van der Waals surface area contributed by atoms with Gasteiger partial charge in [0, 0.05) is 19.5 Å². The lowest BCUT2D eigenvalue weighted by Gasteiger charge is -2.16. The van der Waals surface area contributed by atoms with Gasteiger partial charge in [-0.2, -0.15) is 5.10 Å². The van der Waals surface area contributed by atoms with Crippen LogP contribution in [0.5, 0.6) is 0 Å². The summed E-state index contributed by atoms with van der Waals surface area (Å²) in [5.41, 5.74) is 0.947. The van der Waals surface area contributed by atoms with Gasteiger partial charge in [0.2, 0.25) is 0 Å². The third-order valence-corrected chi connectivity index (χ3v) is 4.22. The second-order valence-electron chi connectivity index (χ2n) is 5.76. The second-order valence-corrected chi connectivity index (χ2v) is 6.12. The zero-order chi connectivity index (χ0) is 15.0. The maximum atomic E-state index is 13.2. The molecular formula is C15H19FN4S. The summed E-state index contributed by atoms with van der Waals surface area (Å²) in [5.74, 6) is 1.46. The van der Waals surface area contributed by atoms with E-state index in [1.165, 1.54) is 18.9 Å². The highest BCUT2D eigenvalue weighted by molar-refractivity contribution is 7.71. The molecule has 1 saturated carbocycles. The highest BCUT2D eigenvalue weighted by Gasteiger charge is 2.29. The molecule has 1 aliphatic carbocycles. The number of benzene rings is 1. The third-order valence-electron chi connectivity index (χ3n) is 3.73. The van der Waals surface area contributed by atoms with Gasteiger partial charge in [0.1, 0.15) is 11.6 Å². The lowest BCUT2D eigenvalue weighted by Crippen LogP contribution is -2.22. The fourth-order valence-corrected chi connectivity index (χ4v) is 2.71. The number of halogens is 1. The maximum Gasteiger partial charge on any atom is 0.198 e. The van der Waals surface area contributed by atoms with E-state index in [4.69, 9.17) is 12.2 Å². The summed E-state index contributed by atoms with van der Waals surface area (Å²) >= 11 is 5.44. The number of hydrogen-bond acceptors (Lipinski definition) is 3. The minimum absolute atomic E-state index is 0.202. The molecule has 21 heavy (non-hydrogen) atoms. The monoisotopic (exact) mass is 306 g/mol. The summed E-state index contributed by atoms with van der Waals surface area (Å²) in [4.78, 5) is 2.08. The third kappa shape index (κ3) is 3.22. The summed E-state index contributed by atoms with van der Waals surface area (Å²) in [6.45, 7) is 1.27. The van der Waals surface area contributed by atoms with Crippen LogP contribution < -0.4 is 0 Å². The van der Waals surface area contributed by atoms with Crippen LogP contribution in [0, 0.1) is 10.6 Å². The van der Waals surface area contributed by atoms with Crippen molar-refractivity contribution >= 4 is 12.2 Å². The van der Waals surface area contributed by atoms with E-state index < -0.39 is 0 Å². The maximum absolute atomic E-state index is 13.2. The molecule has 0 spiro atoms. The highest BCUT2D eigenvalue weighted by atomic mass is 32.1. The molecule has 0 atom stereocenters. The van der Waals surface area contributed by atoms with E-state index >= 15 is 0 Å². The Balaban J connectivity index is 1.71. The molecule has 0 saturated heterocycles. The minimum Gasteiger partial charge on any atom is -0.307 e. The number of rotatable bonds is 5. The van der Waals surface area contributed by atoms with Crippen LogP contribution in [0.4, 0.5) is 4.39 Å². The Hall–Kier alpha value is -1.53. The minimum atomic E-state index is -0.202. The number of nitrogens with zero attached hydrogens (tertiary/aromatic N) is 4. The van der Waals surface area contributed by atoms with Crippen LogP contribution in [0.1, 0.15) is 30.1 Å². The van der Waals surface area contributed by atoms with E-state index in [1.807, 2.05) is 29.4 Å². The van der Waals surface area contributed by atoms with E-state index in [9.17, 15) is 4.39 Å². The molecule has 0 unspecified atom stereocenters. The molecule has 0 radical (unpaired) electrons. The van der Waals surface area contributed by atoms with E-state index in [-0.39, 0.29) is 5.82 Å². The zero-order valence-electron chi connectivity index (χ0n) is 12.3. The second kappa shape index (κ2) is 5.69. The van der Waals surface area contributed by atoms with E-state index in [2.05, 4.69) is 10.00 Å². The smallest absolute Gasteiger partial charge is 0.198 e. The normalized spacial score (nSPS) is 14.9. The molecule has 0 aliphatic heterocycles. The van der Waals surface area contributed by atoms with Crippen molar-refractivity contribution in [2.24, 2.45) is 7.05 Å². The van der Waals surface area contributed by atoms with Gasteiger partial charge in [0.15, 0.2) is 4.77 Å². The molecule has 1 heterocycles. The van der Waals surface area contributed by atoms with Crippen LogP contribution >= 0.6 is 12.2 Å². The van der Waals surface area contributed by atoms with Crippen LogP contribution in [0.3, 0.4) is 0 Å². The van der Waals surface area contributed by atoms with Gasteiger partial charge >= 0.3 is 0 Å².